The summed E-state index contributed by atoms with van der Waals surface area (Å²) >= 11 is 6.26. The van der Waals surface area contributed by atoms with Crippen molar-refractivity contribution >= 4 is 17.5 Å². The average Bonchev–Trinajstić information content (AvgIpc) is 3.29. The molecule has 3 heterocycles. The molecule has 6 nitrogen and oxygen atoms in total. The predicted molar refractivity (Wildman–Crippen MR) is 111 cm³/mol. The van der Waals surface area contributed by atoms with E-state index in [0.717, 1.165) is 42.0 Å². The first-order valence-corrected chi connectivity index (χ1v) is 10.4. The highest BCUT2D eigenvalue weighted by molar-refractivity contribution is 6.31. The van der Waals surface area contributed by atoms with Crippen LogP contribution in [0.25, 0.3) is 0 Å². The Bertz CT molecular complexity index is 1010. The Hall–Kier alpha value is -2.60. The van der Waals surface area contributed by atoms with Gasteiger partial charge in [0.15, 0.2) is 0 Å². The second-order valence-corrected chi connectivity index (χ2v) is 8.02. The van der Waals surface area contributed by atoms with Gasteiger partial charge in [0.25, 0.3) is 0 Å². The van der Waals surface area contributed by atoms with Gasteiger partial charge in [-0.15, -0.1) is 0 Å². The number of likely N-dealkylation sites (tertiary alicyclic amines) is 1. The van der Waals surface area contributed by atoms with E-state index in [1.807, 2.05) is 49.1 Å². The topological polar surface area (TPSA) is 64.2 Å². The molecule has 1 amide bonds. The standard InChI is InChI=1S/C22H25ClN4O2/c1-15-11-16(2)27(25-15)14-21(28)26-10-6-5-9-20(26)22-24-13-18(29-22)12-17-7-3-4-8-19(17)23/h3-4,7-8,11,13,20H,5-6,9-10,12,14H2,1-2H3/t20-/m0/s1. The molecular formula is C22H25ClN4O2. The maximum atomic E-state index is 13.0. The Morgan fingerprint density at radius 1 is 1.28 bits per heavy atom. The molecular weight excluding hydrogens is 388 g/mol. The van der Waals surface area contributed by atoms with Gasteiger partial charge in [0.05, 0.1) is 11.9 Å². The Balaban J connectivity index is 1.50. The number of piperidine rings is 1. The van der Waals surface area contributed by atoms with Crippen molar-refractivity contribution in [3.8, 4) is 0 Å². The number of carbonyl (C=O) groups is 1. The van der Waals surface area contributed by atoms with Crippen molar-refractivity contribution < 1.29 is 9.21 Å². The van der Waals surface area contributed by atoms with Crippen molar-refractivity contribution in [2.45, 2.75) is 52.1 Å². The first kappa shape index (κ1) is 19.7. The second kappa shape index (κ2) is 8.41. The van der Waals surface area contributed by atoms with Crippen molar-refractivity contribution in [3.05, 3.63) is 70.2 Å². The summed E-state index contributed by atoms with van der Waals surface area (Å²) in [5.74, 6) is 1.41. The summed E-state index contributed by atoms with van der Waals surface area (Å²) in [4.78, 5) is 19.4. The molecule has 0 aliphatic carbocycles. The molecule has 0 bridgehead atoms. The first-order valence-electron chi connectivity index (χ1n) is 10.00. The maximum Gasteiger partial charge on any atom is 0.244 e. The van der Waals surface area contributed by atoms with Gasteiger partial charge in [0.1, 0.15) is 18.3 Å². The van der Waals surface area contributed by atoms with E-state index in [0.29, 0.717) is 23.9 Å². The molecule has 0 saturated carbocycles. The molecule has 1 aliphatic heterocycles. The number of nitrogens with zero attached hydrogens (tertiary/aromatic N) is 4. The second-order valence-electron chi connectivity index (χ2n) is 7.62. The Morgan fingerprint density at radius 3 is 2.86 bits per heavy atom. The number of amides is 1. The minimum atomic E-state index is -0.131. The largest absolute Gasteiger partial charge is 0.443 e. The fraction of sp³-hybridized carbons (Fsp3) is 0.409. The molecule has 1 saturated heterocycles. The van der Waals surface area contributed by atoms with Gasteiger partial charge in [-0.2, -0.15) is 5.10 Å². The SMILES string of the molecule is Cc1cc(C)n(CC(=O)N2CCCC[C@H]2c2ncc(Cc3ccccc3Cl)o2)n1. The van der Waals surface area contributed by atoms with E-state index in [4.69, 9.17) is 16.0 Å². The number of oxazole rings is 1. The lowest BCUT2D eigenvalue weighted by molar-refractivity contribution is -0.136. The minimum absolute atomic E-state index is 0.0479. The number of carbonyl (C=O) groups excluding carboxylic acids is 1. The molecule has 2 aromatic heterocycles. The molecule has 0 N–H and O–H groups in total. The molecule has 0 spiro atoms. The third-order valence-corrected chi connectivity index (χ3v) is 5.76. The summed E-state index contributed by atoms with van der Waals surface area (Å²) in [6.07, 6.45) is 5.23. The van der Waals surface area contributed by atoms with E-state index < -0.39 is 0 Å². The molecule has 1 aromatic carbocycles. The molecule has 0 radical (unpaired) electrons. The quantitative estimate of drug-likeness (QED) is 0.619. The van der Waals surface area contributed by atoms with Crippen LogP contribution in [0.3, 0.4) is 0 Å². The van der Waals surface area contributed by atoms with Crippen molar-refractivity contribution in [1.82, 2.24) is 19.7 Å². The van der Waals surface area contributed by atoms with E-state index >= 15 is 0 Å². The van der Waals surface area contributed by atoms with Gasteiger partial charge in [-0.25, -0.2) is 4.98 Å². The van der Waals surface area contributed by atoms with Gasteiger partial charge in [0.2, 0.25) is 11.8 Å². The van der Waals surface area contributed by atoms with E-state index in [-0.39, 0.29) is 18.5 Å². The van der Waals surface area contributed by atoms with Crippen LogP contribution in [0.4, 0.5) is 0 Å². The third kappa shape index (κ3) is 4.37. The number of halogens is 1. The Labute approximate surface area is 175 Å². The highest BCUT2D eigenvalue weighted by Crippen LogP contribution is 2.31. The molecule has 3 aromatic rings. The zero-order chi connectivity index (χ0) is 20.4. The van der Waals surface area contributed by atoms with E-state index in [1.165, 1.54) is 0 Å². The van der Waals surface area contributed by atoms with Crippen LogP contribution < -0.4 is 0 Å². The smallest absolute Gasteiger partial charge is 0.244 e. The Morgan fingerprint density at radius 2 is 2.10 bits per heavy atom. The molecule has 4 rings (SSSR count). The van der Waals surface area contributed by atoms with Gasteiger partial charge in [-0.1, -0.05) is 29.8 Å². The highest BCUT2D eigenvalue weighted by atomic mass is 35.5. The van der Waals surface area contributed by atoms with Crippen LogP contribution in [0.2, 0.25) is 5.02 Å². The number of rotatable bonds is 5. The normalized spacial score (nSPS) is 16.9. The van der Waals surface area contributed by atoms with Crippen molar-refractivity contribution in [2.75, 3.05) is 6.54 Å². The Kier molecular flexibility index (Phi) is 5.72. The van der Waals surface area contributed by atoms with Gasteiger partial charge in [-0.3, -0.25) is 9.48 Å². The fourth-order valence-electron chi connectivity index (χ4n) is 3.93. The van der Waals surface area contributed by atoms with Crippen molar-refractivity contribution in [2.24, 2.45) is 0 Å². The molecule has 1 atom stereocenters. The van der Waals surface area contributed by atoms with Crippen molar-refractivity contribution in [3.63, 3.8) is 0 Å². The number of hydrogen-bond donors (Lipinski definition) is 0. The highest BCUT2D eigenvalue weighted by Gasteiger charge is 2.31. The molecule has 152 valence electrons. The van der Waals surface area contributed by atoms with E-state index in [9.17, 15) is 4.79 Å². The maximum absolute atomic E-state index is 13.0. The summed E-state index contributed by atoms with van der Waals surface area (Å²) in [5, 5.41) is 5.13. The summed E-state index contributed by atoms with van der Waals surface area (Å²) in [5.41, 5.74) is 2.91. The van der Waals surface area contributed by atoms with Crippen LogP contribution in [0.15, 0.2) is 40.9 Å². The van der Waals surface area contributed by atoms with Gasteiger partial charge >= 0.3 is 0 Å². The van der Waals surface area contributed by atoms with E-state index in [1.54, 1.807) is 10.9 Å². The van der Waals surface area contributed by atoms with Gasteiger partial charge < -0.3 is 9.32 Å². The van der Waals surface area contributed by atoms with Gasteiger partial charge in [-0.05, 0) is 50.8 Å². The van der Waals surface area contributed by atoms with Crippen LogP contribution in [0.5, 0.6) is 0 Å². The third-order valence-electron chi connectivity index (χ3n) is 5.39. The molecule has 29 heavy (non-hydrogen) atoms. The zero-order valence-electron chi connectivity index (χ0n) is 16.8. The molecule has 1 aliphatic rings. The fourth-order valence-corrected chi connectivity index (χ4v) is 4.13. The number of aromatic nitrogens is 3. The molecule has 0 unspecified atom stereocenters. The van der Waals surface area contributed by atoms with Crippen molar-refractivity contribution in [1.29, 1.82) is 0 Å². The van der Waals surface area contributed by atoms with Crippen LogP contribution in [-0.2, 0) is 17.8 Å². The van der Waals surface area contributed by atoms with Crippen LogP contribution in [0.1, 0.15) is 53.9 Å². The number of benzene rings is 1. The number of aryl methyl sites for hydroxylation is 2. The number of hydrogen-bond acceptors (Lipinski definition) is 4. The molecule has 7 heteroatoms. The first-order chi connectivity index (χ1) is 14.0. The average molecular weight is 413 g/mol. The lowest BCUT2D eigenvalue weighted by Gasteiger charge is -2.33. The summed E-state index contributed by atoms with van der Waals surface area (Å²) in [6, 6.07) is 9.57. The summed E-state index contributed by atoms with van der Waals surface area (Å²) < 4.78 is 7.82. The van der Waals surface area contributed by atoms with E-state index in [2.05, 4.69) is 10.1 Å². The summed E-state index contributed by atoms with van der Waals surface area (Å²) in [6.45, 7) is 4.86. The summed E-state index contributed by atoms with van der Waals surface area (Å²) in [7, 11) is 0. The molecule has 1 fully saturated rings. The lowest BCUT2D eigenvalue weighted by atomic mass is 10.0. The minimum Gasteiger partial charge on any atom is -0.443 e. The monoisotopic (exact) mass is 412 g/mol. The lowest BCUT2D eigenvalue weighted by Crippen LogP contribution is -2.40. The zero-order valence-corrected chi connectivity index (χ0v) is 17.5. The van der Waals surface area contributed by atoms with Crippen LogP contribution >= 0.6 is 11.6 Å². The van der Waals surface area contributed by atoms with Gasteiger partial charge in [0, 0.05) is 23.7 Å². The van der Waals surface area contributed by atoms with Crippen LogP contribution in [0, 0.1) is 13.8 Å². The predicted octanol–water partition coefficient (Wildman–Crippen LogP) is 4.49. The van der Waals surface area contributed by atoms with Crippen LogP contribution in [-0.4, -0.2) is 32.1 Å².